The molecular weight excluding hydrogens is 321 g/mol. The maximum Gasteiger partial charge on any atom is 0.416 e. The number of hydrogen-bond donors (Lipinski definition) is 6. The molecule has 0 saturated heterocycles. The van der Waals surface area contributed by atoms with Crippen LogP contribution < -0.4 is 0 Å². The molecule has 23 heavy (non-hydrogen) atoms. The second-order valence-electron chi connectivity index (χ2n) is 5.03. The summed E-state index contributed by atoms with van der Waals surface area (Å²) in [5.74, 6) is -0.281. The van der Waals surface area contributed by atoms with E-state index in [2.05, 4.69) is 9.97 Å². The number of halogens is 3. The van der Waals surface area contributed by atoms with Gasteiger partial charge in [0.15, 0.2) is 0 Å². The number of alkyl halides is 3. The van der Waals surface area contributed by atoms with E-state index in [-0.39, 0.29) is 16.9 Å². The number of aromatic amines is 1. The summed E-state index contributed by atoms with van der Waals surface area (Å²) in [6.07, 6.45) is -11.8. The monoisotopic (exact) mass is 336 g/mol. The molecule has 0 aliphatic carbocycles. The van der Waals surface area contributed by atoms with Crippen molar-refractivity contribution in [3.8, 4) is 0 Å². The van der Waals surface area contributed by atoms with Crippen molar-refractivity contribution >= 4 is 11.0 Å². The van der Waals surface area contributed by atoms with E-state index in [1.807, 2.05) is 0 Å². The third-order valence-electron chi connectivity index (χ3n) is 3.36. The van der Waals surface area contributed by atoms with Crippen molar-refractivity contribution in [2.45, 2.75) is 30.6 Å². The molecule has 0 saturated carbocycles. The number of fused-ring (bicyclic) bond motifs is 1. The van der Waals surface area contributed by atoms with Gasteiger partial charge in [-0.2, -0.15) is 13.2 Å². The topological polar surface area (TPSA) is 130 Å². The average molecular weight is 336 g/mol. The number of imidazole rings is 1. The Morgan fingerprint density at radius 1 is 1.09 bits per heavy atom. The van der Waals surface area contributed by atoms with Gasteiger partial charge in [0, 0.05) is 0 Å². The van der Waals surface area contributed by atoms with Crippen molar-refractivity contribution in [1.29, 1.82) is 0 Å². The van der Waals surface area contributed by atoms with Crippen molar-refractivity contribution < 1.29 is 38.7 Å². The van der Waals surface area contributed by atoms with E-state index in [4.69, 9.17) is 5.11 Å². The fourth-order valence-corrected chi connectivity index (χ4v) is 2.03. The number of nitrogens with zero attached hydrogens (tertiary/aromatic N) is 1. The first-order valence-corrected chi connectivity index (χ1v) is 6.55. The lowest BCUT2D eigenvalue weighted by Gasteiger charge is -2.24. The molecule has 4 atom stereocenters. The Kier molecular flexibility index (Phi) is 4.92. The molecule has 0 amide bonds. The Bertz CT molecular complexity index is 675. The van der Waals surface area contributed by atoms with E-state index in [0.717, 1.165) is 18.2 Å². The highest BCUT2D eigenvalue weighted by Crippen LogP contribution is 2.31. The van der Waals surface area contributed by atoms with Gasteiger partial charge in [-0.3, -0.25) is 0 Å². The van der Waals surface area contributed by atoms with Gasteiger partial charge in [0.25, 0.3) is 0 Å². The maximum atomic E-state index is 12.6. The van der Waals surface area contributed by atoms with Gasteiger partial charge in [-0.25, -0.2) is 4.98 Å². The molecule has 0 aliphatic heterocycles. The Hall–Kier alpha value is -1.72. The first-order chi connectivity index (χ1) is 10.6. The lowest BCUT2D eigenvalue weighted by molar-refractivity contribution is -0.137. The SMILES string of the molecule is OCC(O)[C@@H](O)C(O)C(O)c1nc2ccc(C(F)(F)F)cc2[nH]1. The lowest BCUT2D eigenvalue weighted by atomic mass is 10.0. The summed E-state index contributed by atoms with van der Waals surface area (Å²) in [6.45, 7) is -0.847. The third-order valence-corrected chi connectivity index (χ3v) is 3.36. The second kappa shape index (κ2) is 6.42. The Labute approximate surface area is 127 Å². The highest BCUT2D eigenvalue weighted by Gasteiger charge is 2.33. The number of benzene rings is 1. The summed E-state index contributed by atoms with van der Waals surface area (Å²) in [4.78, 5) is 6.26. The van der Waals surface area contributed by atoms with Gasteiger partial charge in [0.2, 0.25) is 0 Å². The fourth-order valence-electron chi connectivity index (χ4n) is 2.03. The summed E-state index contributed by atoms with van der Waals surface area (Å²) < 4.78 is 37.9. The van der Waals surface area contributed by atoms with Crippen LogP contribution in [-0.2, 0) is 6.18 Å². The third kappa shape index (κ3) is 3.62. The summed E-state index contributed by atoms with van der Waals surface area (Å²) in [6, 6.07) is 2.71. The molecule has 1 heterocycles. The van der Waals surface area contributed by atoms with Crippen LogP contribution in [0.1, 0.15) is 17.5 Å². The zero-order valence-electron chi connectivity index (χ0n) is 11.6. The molecule has 0 radical (unpaired) electrons. The average Bonchev–Trinajstić information content (AvgIpc) is 2.94. The van der Waals surface area contributed by atoms with Crippen LogP contribution in [0.3, 0.4) is 0 Å². The van der Waals surface area contributed by atoms with Gasteiger partial charge in [-0.1, -0.05) is 0 Å². The van der Waals surface area contributed by atoms with E-state index in [9.17, 15) is 33.6 Å². The zero-order valence-corrected chi connectivity index (χ0v) is 11.6. The largest absolute Gasteiger partial charge is 0.416 e. The van der Waals surface area contributed by atoms with E-state index >= 15 is 0 Å². The molecule has 1 aromatic carbocycles. The minimum Gasteiger partial charge on any atom is -0.394 e. The first-order valence-electron chi connectivity index (χ1n) is 6.55. The summed E-state index contributed by atoms with van der Waals surface area (Å²) in [5.41, 5.74) is -0.805. The van der Waals surface area contributed by atoms with Crippen LogP contribution >= 0.6 is 0 Å². The van der Waals surface area contributed by atoms with E-state index in [1.54, 1.807) is 0 Å². The van der Waals surface area contributed by atoms with Gasteiger partial charge >= 0.3 is 6.18 Å². The van der Waals surface area contributed by atoms with Crippen LogP contribution in [0.2, 0.25) is 0 Å². The van der Waals surface area contributed by atoms with Gasteiger partial charge in [0.05, 0.1) is 23.2 Å². The van der Waals surface area contributed by atoms with Gasteiger partial charge in [0.1, 0.15) is 30.2 Å². The molecule has 3 unspecified atom stereocenters. The van der Waals surface area contributed by atoms with Crippen molar-refractivity contribution in [2.75, 3.05) is 6.61 Å². The number of nitrogens with one attached hydrogen (secondary N) is 1. The highest BCUT2D eigenvalue weighted by molar-refractivity contribution is 5.76. The highest BCUT2D eigenvalue weighted by atomic mass is 19.4. The molecule has 6 N–H and O–H groups in total. The first kappa shape index (κ1) is 17.6. The van der Waals surface area contributed by atoms with Gasteiger partial charge in [-0.15, -0.1) is 0 Å². The van der Waals surface area contributed by atoms with Gasteiger partial charge in [-0.05, 0) is 18.2 Å². The molecule has 0 aliphatic rings. The lowest BCUT2D eigenvalue weighted by Crippen LogP contribution is -2.42. The molecule has 0 spiro atoms. The van der Waals surface area contributed by atoms with Crippen LogP contribution in [-0.4, -0.2) is 60.4 Å². The summed E-state index contributed by atoms with van der Waals surface area (Å²) in [5, 5.41) is 47.1. The number of H-pyrrole nitrogens is 1. The summed E-state index contributed by atoms with van der Waals surface area (Å²) in [7, 11) is 0. The molecule has 128 valence electrons. The van der Waals surface area contributed by atoms with Crippen molar-refractivity contribution in [2.24, 2.45) is 0 Å². The normalized spacial score (nSPS) is 17.9. The standard InChI is InChI=1S/C13H15F3N2O5/c14-13(15,16)5-1-2-6-7(3-5)18-12(17-6)11(23)10(22)9(21)8(20)4-19/h1-3,8-11,19-23H,4H2,(H,17,18)/t8?,9-,10?,11?/m1/s1. The molecule has 7 nitrogen and oxygen atoms in total. The number of hydrogen-bond acceptors (Lipinski definition) is 6. The Morgan fingerprint density at radius 3 is 2.30 bits per heavy atom. The van der Waals surface area contributed by atoms with Crippen LogP contribution in [0.15, 0.2) is 18.2 Å². The van der Waals surface area contributed by atoms with Crippen molar-refractivity contribution in [3.05, 3.63) is 29.6 Å². The van der Waals surface area contributed by atoms with Crippen LogP contribution in [0, 0.1) is 0 Å². The molecular formula is C13H15F3N2O5. The van der Waals surface area contributed by atoms with Crippen molar-refractivity contribution in [1.82, 2.24) is 9.97 Å². The van der Waals surface area contributed by atoms with Gasteiger partial charge < -0.3 is 30.5 Å². The van der Waals surface area contributed by atoms with Crippen LogP contribution in [0.25, 0.3) is 11.0 Å². The summed E-state index contributed by atoms with van der Waals surface area (Å²) >= 11 is 0. The minimum atomic E-state index is -4.54. The predicted molar refractivity (Wildman–Crippen MR) is 71.2 cm³/mol. The Morgan fingerprint density at radius 2 is 1.74 bits per heavy atom. The fraction of sp³-hybridized carbons (Fsp3) is 0.462. The quantitative estimate of drug-likeness (QED) is 0.444. The number of aromatic nitrogens is 2. The van der Waals surface area contributed by atoms with E-state index < -0.39 is 42.8 Å². The molecule has 0 bridgehead atoms. The Balaban J connectivity index is 2.29. The molecule has 2 rings (SSSR count). The molecule has 10 heteroatoms. The van der Waals surface area contributed by atoms with E-state index in [1.165, 1.54) is 0 Å². The smallest absolute Gasteiger partial charge is 0.394 e. The number of aliphatic hydroxyl groups is 5. The molecule has 2 aromatic rings. The molecule has 0 fully saturated rings. The molecule has 1 aromatic heterocycles. The second-order valence-corrected chi connectivity index (χ2v) is 5.03. The van der Waals surface area contributed by atoms with E-state index in [0.29, 0.717) is 0 Å². The van der Waals surface area contributed by atoms with Crippen LogP contribution in [0.4, 0.5) is 13.2 Å². The van der Waals surface area contributed by atoms with Crippen molar-refractivity contribution in [3.63, 3.8) is 0 Å². The van der Waals surface area contributed by atoms with Crippen LogP contribution in [0.5, 0.6) is 0 Å². The number of aliphatic hydroxyl groups excluding tert-OH is 5. The maximum absolute atomic E-state index is 12.6. The zero-order chi connectivity index (χ0) is 17.4. The predicted octanol–water partition coefficient (Wildman–Crippen LogP) is -0.310. The number of rotatable bonds is 5. The minimum absolute atomic E-state index is 0.0155.